The lowest BCUT2D eigenvalue weighted by molar-refractivity contribution is 0.0636. The van der Waals surface area contributed by atoms with Gasteiger partial charge in [-0.1, -0.05) is 0 Å². The monoisotopic (exact) mass is 336 g/mol. The number of aromatic nitrogens is 3. The Labute approximate surface area is 139 Å². The molecule has 1 amide bonds. The summed E-state index contributed by atoms with van der Waals surface area (Å²) in [5, 5.41) is 6.79. The van der Waals surface area contributed by atoms with Crippen molar-refractivity contribution in [1.82, 2.24) is 14.8 Å². The van der Waals surface area contributed by atoms with Gasteiger partial charge in [0.2, 0.25) is 5.88 Å². The molecule has 0 bridgehead atoms. The van der Waals surface area contributed by atoms with Crippen LogP contribution in [0, 0.1) is 5.82 Å². The quantitative estimate of drug-likeness (QED) is 0.926. The Morgan fingerprint density at radius 1 is 1.38 bits per heavy atom. The first kappa shape index (κ1) is 17.7. The predicted octanol–water partition coefficient (Wildman–Crippen LogP) is 3.38. The Morgan fingerprint density at radius 3 is 2.71 bits per heavy atom. The van der Waals surface area contributed by atoms with E-state index in [0.717, 1.165) is 6.20 Å². The van der Waals surface area contributed by atoms with Crippen molar-refractivity contribution in [3.05, 3.63) is 36.0 Å². The number of carbonyl (C=O) groups excluding carboxylic acids is 1. The number of hydrogen-bond donors (Lipinski definition) is 1. The maximum Gasteiger partial charge on any atom is 0.412 e. The molecule has 130 valence electrons. The molecule has 0 aliphatic carbocycles. The third-order valence-electron chi connectivity index (χ3n) is 3.13. The van der Waals surface area contributed by atoms with Crippen molar-refractivity contribution < 1.29 is 18.7 Å². The molecule has 2 rings (SSSR count). The molecule has 0 unspecified atom stereocenters. The Hall–Kier alpha value is -2.64. The van der Waals surface area contributed by atoms with Crippen molar-refractivity contribution in [2.75, 3.05) is 12.4 Å². The number of methoxy groups -OCH3 is 1. The van der Waals surface area contributed by atoms with Crippen LogP contribution in [0.15, 0.2) is 24.7 Å². The first-order chi connectivity index (χ1) is 11.2. The highest BCUT2D eigenvalue weighted by Crippen LogP contribution is 2.26. The van der Waals surface area contributed by atoms with Gasteiger partial charge in [0.15, 0.2) is 0 Å². The van der Waals surface area contributed by atoms with E-state index in [1.807, 2.05) is 6.92 Å². The van der Waals surface area contributed by atoms with Crippen LogP contribution in [0.25, 0.3) is 0 Å². The highest BCUT2D eigenvalue weighted by atomic mass is 19.1. The minimum absolute atomic E-state index is 0.320. The van der Waals surface area contributed by atoms with Gasteiger partial charge in [-0.25, -0.2) is 14.2 Å². The van der Waals surface area contributed by atoms with Crippen LogP contribution in [0.5, 0.6) is 5.88 Å². The lowest BCUT2D eigenvalue weighted by Crippen LogP contribution is -2.27. The molecule has 0 saturated heterocycles. The smallest absolute Gasteiger partial charge is 0.412 e. The molecule has 7 nitrogen and oxygen atoms in total. The second-order valence-corrected chi connectivity index (χ2v) is 6.26. The third kappa shape index (κ3) is 4.43. The number of pyridine rings is 1. The summed E-state index contributed by atoms with van der Waals surface area (Å²) < 4.78 is 25.4. The van der Waals surface area contributed by atoms with Crippen LogP contribution < -0.4 is 10.1 Å². The first-order valence-corrected chi connectivity index (χ1v) is 7.43. The van der Waals surface area contributed by atoms with Gasteiger partial charge in [-0.05, 0) is 33.8 Å². The van der Waals surface area contributed by atoms with Crippen LogP contribution in [0.4, 0.5) is 14.9 Å². The summed E-state index contributed by atoms with van der Waals surface area (Å²) in [6, 6.07) is 1.01. The Morgan fingerprint density at radius 2 is 2.08 bits per heavy atom. The van der Waals surface area contributed by atoms with Gasteiger partial charge >= 0.3 is 6.09 Å². The highest BCUT2D eigenvalue weighted by Gasteiger charge is 2.19. The molecule has 0 radical (unpaired) electrons. The lowest BCUT2D eigenvalue weighted by atomic mass is 10.1. The van der Waals surface area contributed by atoms with Crippen LogP contribution in [0.2, 0.25) is 0 Å². The molecule has 24 heavy (non-hydrogen) atoms. The molecular formula is C16H21FN4O3. The molecule has 2 heterocycles. The van der Waals surface area contributed by atoms with Crippen LogP contribution in [0.1, 0.15) is 39.3 Å². The van der Waals surface area contributed by atoms with Gasteiger partial charge in [0.05, 0.1) is 31.2 Å². The average Bonchev–Trinajstić information content (AvgIpc) is 2.92. The van der Waals surface area contributed by atoms with E-state index < -0.39 is 17.5 Å². The number of rotatable bonds is 4. The molecule has 0 aliphatic heterocycles. The minimum Gasteiger partial charge on any atom is -0.481 e. The topological polar surface area (TPSA) is 78.3 Å². The predicted molar refractivity (Wildman–Crippen MR) is 86.6 cm³/mol. The third-order valence-corrected chi connectivity index (χ3v) is 3.13. The molecule has 1 N–H and O–H groups in total. The summed E-state index contributed by atoms with van der Waals surface area (Å²) >= 11 is 0. The van der Waals surface area contributed by atoms with E-state index >= 15 is 0 Å². The molecule has 1 atom stereocenters. The Bertz CT molecular complexity index is 724. The number of nitrogens with one attached hydrogen (secondary N) is 1. The number of ether oxygens (including phenoxy) is 2. The van der Waals surface area contributed by atoms with E-state index in [-0.39, 0.29) is 6.04 Å². The van der Waals surface area contributed by atoms with E-state index in [4.69, 9.17) is 9.47 Å². The lowest BCUT2D eigenvalue weighted by Gasteiger charge is -2.19. The number of anilines is 1. The Kier molecular flexibility index (Phi) is 5.06. The van der Waals surface area contributed by atoms with Crippen LogP contribution in [-0.4, -0.2) is 33.6 Å². The molecule has 0 aromatic carbocycles. The molecular weight excluding hydrogens is 315 g/mol. The molecule has 2 aromatic heterocycles. The maximum atomic E-state index is 13.5. The minimum atomic E-state index is -0.589. The van der Waals surface area contributed by atoms with E-state index in [9.17, 15) is 9.18 Å². The summed E-state index contributed by atoms with van der Waals surface area (Å²) in [6.07, 6.45) is 3.63. The SMILES string of the molecule is COc1ncc(F)cc1[C@H](C)n1cc(NC(=O)OC(C)(C)C)cn1. The van der Waals surface area contributed by atoms with Gasteiger partial charge in [-0.3, -0.25) is 10.00 Å². The van der Waals surface area contributed by atoms with Crippen molar-refractivity contribution in [3.63, 3.8) is 0 Å². The highest BCUT2D eigenvalue weighted by molar-refractivity contribution is 5.84. The number of hydrogen-bond acceptors (Lipinski definition) is 5. The van der Waals surface area contributed by atoms with Crippen LogP contribution in [0.3, 0.4) is 0 Å². The zero-order valence-corrected chi connectivity index (χ0v) is 14.3. The summed E-state index contributed by atoms with van der Waals surface area (Å²) in [6.45, 7) is 7.16. The van der Waals surface area contributed by atoms with Crippen molar-refractivity contribution in [2.24, 2.45) is 0 Å². The molecule has 0 saturated carbocycles. The molecule has 0 aliphatic rings. The summed E-state index contributed by atoms with van der Waals surface area (Å²) in [4.78, 5) is 15.7. The van der Waals surface area contributed by atoms with Gasteiger partial charge in [-0.2, -0.15) is 5.10 Å². The summed E-state index contributed by atoms with van der Waals surface area (Å²) in [5.41, 5.74) is 0.428. The molecule has 0 spiro atoms. The van der Waals surface area contributed by atoms with E-state index in [1.54, 1.807) is 31.6 Å². The van der Waals surface area contributed by atoms with Gasteiger partial charge < -0.3 is 9.47 Å². The number of carbonyl (C=O) groups is 1. The average molecular weight is 336 g/mol. The Balaban J connectivity index is 2.15. The van der Waals surface area contributed by atoms with Gasteiger partial charge in [0, 0.05) is 11.8 Å². The first-order valence-electron chi connectivity index (χ1n) is 7.43. The standard InChI is InChI=1S/C16H21FN4O3/c1-10(13-6-11(17)7-18-14(13)23-5)21-9-12(8-19-21)20-15(22)24-16(2,3)4/h6-10H,1-5H3,(H,20,22)/t10-/m0/s1. The van der Waals surface area contributed by atoms with Gasteiger partial charge in [0.1, 0.15) is 11.4 Å². The van der Waals surface area contributed by atoms with Crippen molar-refractivity contribution in [2.45, 2.75) is 39.3 Å². The zero-order chi connectivity index (χ0) is 17.9. The second-order valence-electron chi connectivity index (χ2n) is 6.26. The fourth-order valence-corrected chi connectivity index (χ4v) is 2.09. The summed E-state index contributed by atoms with van der Waals surface area (Å²) in [7, 11) is 1.47. The van der Waals surface area contributed by atoms with E-state index in [1.165, 1.54) is 19.4 Å². The van der Waals surface area contributed by atoms with Gasteiger partial charge in [0.25, 0.3) is 0 Å². The fraction of sp³-hybridized carbons (Fsp3) is 0.438. The number of nitrogens with zero attached hydrogens (tertiary/aromatic N) is 3. The fourth-order valence-electron chi connectivity index (χ4n) is 2.09. The molecule has 0 fully saturated rings. The second kappa shape index (κ2) is 6.86. The van der Waals surface area contributed by atoms with Crippen molar-refractivity contribution in [3.8, 4) is 5.88 Å². The van der Waals surface area contributed by atoms with Crippen LogP contribution >= 0.6 is 0 Å². The van der Waals surface area contributed by atoms with E-state index in [0.29, 0.717) is 17.1 Å². The van der Waals surface area contributed by atoms with Crippen LogP contribution in [-0.2, 0) is 4.74 Å². The van der Waals surface area contributed by atoms with Crippen molar-refractivity contribution in [1.29, 1.82) is 0 Å². The van der Waals surface area contributed by atoms with Gasteiger partial charge in [-0.15, -0.1) is 0 Å². The normalized spacial score (nSPS) is 12.6. The summed E-state index contributed by atoms with van der Waals surface area (Å²) in [5.74, 6) is -0.141. The molecule has 2 aromatic rings. The maximum absolute atomic E-state index is 13.5. The number of amides is 1. The molecule has 8 heteroatoms. The number of halogens is 1. The van der Waals surface area contributed by atoms with E-state index in [2.05, 4.69) is 15.4 Å². The van der Waals surface area contributed by atoms with Crippen molar-refractivity contribution >= 4 is 11.8 Å². The zero-order valence-electron chi connectivity index (χ0n) is 14.3. The largest absolute Gasteiger partial charge is 0.481 e.